The molecule has 228 valence electrons. The monoisotopic (exact) mass is 616 g/mol. The number of rotatable bonds is 9. The van der Waals surface area contributed by atoms with Gasteiger partial charge in [-0.1, -0.05) is 12.1 Å². The number of benzene rings is 2. The number of carbonyl (C=O) groups excluding carboxylic acids is 1. The predicted octanol–water partition coefficient (Wildman–Crippen LogP) is 3.58. The van der Waals surface area contributed by atoms with Crippen molar-refractivity contribution in [3.05, 3.63) is 60.2 Å². The number of aromatic hydroxyl groups is 2. The minimum atomic E-state index is -4.12. The van der Waals surface area contributed by atoms with Crippen LogP contribution in [0.4, 0.5) is 9.18 Å². The molecule has 0 aliphatic carbocycles. The third-order valence-corrected chi connectivity index (χ3v) is 8.67. The van der Waals surface area contributed by atoms with Crippen LogP contribution in [0.1, 0.15) is 12.5 Å². The number of aliphatic carboxylic acids is 1. The van der Waals surface area contributed by atoms with E-state index in [-0.39, 0.29) is 66.0 Å². The van der Waals surface area contributed by atoms with Crippen molar-refractivity contribution in [3.8, 4) is 17.4 Å². The van der Waals surface area contributed by atoms with E-state index in [9.17, 15) is 33.7 Å². The summed E-state index contributed by atoms with van der Waals surface area (Å²) in [6, 6.07) is 9.00. The Hall–Kier alpha value is -4.23. The first-order valence-electron chi connectivity index (χ1n) is 13.4. The average molecular weight is 617 g/mol. The summed E-state index contributed by atoms with van der Waals surface area (Å²) in [6.45, 7) is 2.72. The molecule has 3 heterocycles. The number of phenolic OH excluding ortho intramolecular Hbond substituents is 1. The van der Waals surface area contributed by atoms with Gasteiger partial charge in [0.1, 0.15) is 11.3 Å². The lowest BCUT2D eigenvalue weighted by atomic mass is 10.1. The molecule has 2 atom stereocenters. The lowest BCUT2D eigenvalue weighted by Crippen LogP contribution is -2.50. The van der Waals surface area contributed by atoms with Crippen LogP contribution in [0.15, 0.2) is 48.8 Å². The molecule has 43 heavy (non-hydrogen) atoms. The van der Waals surface area contributed by atoms with Crippen LogP contribution in [-0.4, -0.2) is 96.6 Å². The standard InChI is InChI=1S/C28H30FN4O9P/c1-17(27(36)37)42-43(39,40)14-13-31-9-11-32(12-10-31)28(38)41-25-20-3-2-8-30-23(20)24(34)22-21(25)16-33(26(22)35)15-18-4-6-19(29)7-5-18/h2-8,16-17,34-35H,9-15H2,1H3,(H,36,37)(H,39,40)/t17-/m0/s1. The highest BCUT2D eigenvalue weighted by Crippen LogP contribution is 2.46. The fourth-order valence-electron chi connectivity index (χ4n) is 4.93. The second kappa shape index (κ2) is 12.2. The highest BCUT2D eigenvalue weighted by atomic mass is 31.2. The van der Waals surface area contributed by atoms with Gasteiger partial charge in [0.25, 0.3) is 0 Å². The molecular formula is C28H30FN4O9P. The summed E-state index contributed by atoms with van der Waals surface area (Å²) < 4.78 is 37.7. The molecule has 15 heteroatoms. The van der Waals surface area contributed by atoms with E-state index in [0.29, 0.717) is 24.0 Å². The number of fused-ring (bicyclic) bond motifs is 2. The molecular weight excluding hydrogens is 586 g/mol. The van der Waals surface area contributed by atoms with Crippen molar-refractivity contribution in [3.63, 3.8) is 0 Å². The topological polar surface area (TPSA) is 175 Å². The molecule has 1 aliphatic rings. The van der Waals surface area contributed by atoms with Crippen LogP contribution in [0.3, 0.4) is 0 Å². The molecule has 5 rings (SSSR count). The minimum absolute atomic E-state index is 0.0498. The molecule has 0 radical (unpaired) electrons. The first kappa shape index (κ1) is 30.2. The lowest BCUT2D eigenvalue weighted by molar-refractivity contribution is -0.144. The van der Waals surface area contributed by atoms with Crippen molar-refractivity contribution in [1.29, 1.82) is 0 Å². The smallest absolute Gasteiger partial charge is 0.415 e. The number of aromatic nitrogens is 2. The van der Waals surface area contributed by atoms with Crippen molar-refractivity contribution < 1.29 is 48.0 Å². The van der Waals surface area contributed by atoms with Gasteiger partial charge in [0, 0.05) is 50.5 Å². The third-order valence-electron chi connectivity index (χ3n) is 7.26. The van der Waals surface area contributed by atoms with Crippen LogP contribution in [0.25, 0.3) is 21.7 Å². The van der Waals surface area contributed by atoms with Crippen LogP contribution >= 0.6 is 7.60 Å². The van der Waals surface area contributed by atoms with Crippen molar-refractivity contribution in [2.24, 2.45) is 0 Å². The first-order chi connectivity index (χ1) is 20.4. The summed E-state index contributed by atoms with van der Waals surface area (Å²) in [7, 11) is -4.12. The number of pyridine rings is 1. The van der Waals surface area contributed by atoms with Crippen molar-refractivity contribution >= 4 is 41.3 Å². The Kier molecular flexibility index (Phi) is 8.56. The van der Waals surface area contributed by atoms with E-state index in [0.717, 1.165) is 0 Å². The number of carbonyl (C=O) groups is 2. The number of ether oxygens (including phenoxy) is 1. The molecule has 13 nitrogen and oxygen atoms in total. The average Bonchev–Trinajstić information content (AvgIpc) is 3.30. The Bertz CT molecular complexity index is 1720. The molecule has 1 amide bonds. The normalized spacial score (nSPS) is 16.3. The summed E-state index contributed by atoms with van der Waals surface area (Å²) in [5, 5.41) is 31.6. The van der Waals surface area contributed by atoms with Gasteiger partial charge in [0.2, 0.25) is 5.88 Å². The van der Waals surface area contributed by atoms with E-state index in [2.05, 4.69) is 4.98 Å². The number of phenols is 1. The molecule has 4 aromatic rings. The number of hydrogen-bond donors (Lipinski definition) is 4. The summed E-state index contributed by atoms with van der Waals surface area (Å²) in [5.41, 5.74) is 0.821. The summed E-state index contributed by atoms with van der Waals surface area (Å²) in [5.74, 6) is -2.20. The maximum absolute atomic E-state index is 13.4. The van der Waals surface area contributed by atoms with E-state index in [1.165, 1.54) is 34.7 Å². The zero-order chi connectivity index (χ0) is 30.9. The van der Waals surface area contributed by atoms with E-state index in [1.807, 2.05) is 4.90 Å². The highest BCUT2D eigenvalue weighted by Gasteiger charge is 2.30. The van der Waals surface area contributed by atoms with Crippen LogP contribution < -0.4 is 4.74 Å². The zero-order valence-electron chi connectivity index (χ0n) is 23.1. The minimum Gasteiger partial charge on any atom is -0.505 e. The van der Waals surface area contributed by atoms with Gasteiger partial charge < -0.3 is 34.4 Å². The van der Waals surface area contributed by atoms with Crippen LogP contribution in [0.5, 0.6) is 17.4 Å². The Morgan fingerprint density at radius 1 is 1.09 bits per heavy atom. The molecule has 2 aromatic heterocycles. The van der Waals surface area contributed by atoms with Crippen LogP contribution in [-0.2, 0) is 20.4 Å². The van der Waals surface area contributed by atoms with Crippen LogP contribution in [0, 0.1) is 5.82 Å². The fourth-order valence-corrected chi connectivity index (χ4v) is 6.15. The fraction of sp³-hybridized carbons (Fsp3) is 0.321. The molecule has 0 bridgehead atoms. The van der Waals surface area contributed by atoms with Gasteiger partial charge in [-0.3, -0.25) is 19.0 Å². The van der Waals surface area contributed by atoms with Gasteiger partial charge in [-0.05, 0) is 36.8 Å². The maximum atomic E-state index is 13.4. The van der Waals surface area contributed by atoms with E-state index < -0.39 is 31.6 Å². The Labute approximate surface area is 244 Å². The zero-order valence-corrected chi connectivity index (χ0v) is 24.0. The number of carboxylic acid groups (broad SMARTS) is 1. The molecule has 1 aliphatic heterocycles. The quantitative estimate of drug-likeness (QED) is 0.202. The van der Waals surface area contributed by atoms with Gasteiger partial charge in [-0.2, -0.15) is 0 Å². The number of piperazine rings is 1. The number of hydrogen-bond acceptors (Lipinski definition) is 9. The lowest BCUT2D eigenvalue weighted by Gasteiger charge is -2.34. The summed E-state index contributed by atoms with van der Waals surface area (Å²) in [4.78, 5) is 41.7. The van der Waals surface area contributed by atoms with Gasteiger partial charge in [-0.15, -0.1) is 0 Å². The molecule has 1 unspecified atom stereocenters. The molecule has 0 saturated carbocycles. The molecule has 1 saturated heterocycles. The number of nitrogens with zero attached hydrogens (tertiary/aromatic N) is 4. The Balaban J connectivity index is 1.33. The molecule has 0 spiro atoms. The molecule has 1 fully saturated rings. The van der Waals surface area contributed by atoms with E-state index >= 15 is 0 Å². The van der Waals surface area contributed by atoms with Crippen LogP contribution in [0.2, 0.25) is 0 Å². The molecule has 2 aromatic carbocycles. The second-order valence-electron chi connectivity index (χ2n) is 10.2. The Morgan fingerprint density at radius 2 is 1.79 bits per heavy atom. The van der Waals surface area contributed by atoms with E-state index in [1.54, 1.807) is 30.5 Å². The Morgan fingerprint density at radius 3 is 2.47 bits per heavy atom. The van der Waals surface area contributed by atoms with Gasteiger partial charge in [0.05, 0.1) is 23.5 Å². The summed E-state index contributed by atoms with van der Waals surface area (Å²) in [6.07, 6.45) is 0.652. The highest BCUT2D eigenvalue weighted by molar-refractivity contribution is 7.52. The molecule has 4 N–H and O–H groups in total. The van der Waals surface area contributed by atoms with Gasteiger partial charge >= 0.3 is 19.7 Å². The second-order valence-corrected chi connectivity index (χ2v) is 12.1. The summed E-state index contributed by atoms with van der Waals surface area (Å²) >= 11 is 0. The van der Waals surface area contributed by atoms with Gasteiger partial charge in [-0.25, -0.2) is 14.0 Å². The number of halogens is 1. The number of amides is 1. The maximum Gasteiger partial charge on any atom is 0.415 e. The predicted molar refractivity (Wildman–Crippen MR) is 153 cm³/mol. The van der Waals surface area contributed by atoms with Crippen molar-refractivity contribution in [1.82, 2.24) is 19.4 Å². The largest absolute Gasteiger partial charge is 0.505 e. The number of carboxylic acids is 1. The van der Waals surface area contributed by atoms with Gasteiger partial charge in [0.15, 0.2) is 17.6 Å². The van der Waals surface area contributed by atoms with E-state index in [4.69, 9.17) is 14.4 Å². The first-order valence-corrected chi connectivity index (χ1v) is 15.2. The third kappa shape index (κ3) is 6.57. The van der Waals surface area contributed by atoms with Crippen molar-refractivity contribution in [2.75, 3.05) is 38.9 Å². The van der Waals surface area contributed by atoms with Crippen molar-refractivity contribution in [2.45, 2.75) is 19.6 Å². The SMILES string of the molecule is C[C@H](OP(=O)(O)CCN1CCN(C(=O)Oc2c3cccnc3c(O)c3c(O)n(Cc4ccc(F)cc4)cc23)CC1)C(=O)O.